The molecule has 9 heteroatoms. The third-order valence-corrected chi connectivity index (χ3v) is 1.75. The molecule has 0 amide bonds. The molecule has 0 aromatic carbocycles. The third-order valence-electron chi connectivity index (χ3n) is 1.75. The van der Waals surface area contributed by atoms with Crippen LogP contribution in [0.4, 0.5) is 22.0 Å². The first-order valence-corrected chi connectivity index (χ1v) is 4.31. The monoisotopic (exact) mass is 268 g/mol. The number of pyridine rings is 1. The minimum atomic E-state index is -5.18. The Bertz CT molecular complexity index is 481. The quantitative estimate of drug-likeness (QED) is 0.791. The summed E-state index contributed by atoms with van der Waals surface area (Å²) in [6, 6.07) is 1.99. The molecule has 0 fully saturated rings. The molecule has 4 nitrogen and oxygen atoms in total. The first-order chi connectivity index (χ1) is 8.28. The molecule has 0 saturated heterocycles. The van der Waals surface area contributed by atoms with Crippen LogP contribution in [0.2, 0.25) is 0 Å². The minimum Gasteiger partial charge on any atom is -0.494 e. The van der Waals surface area contributed by atoms with Crippen molar-refractivity contribution in [3.05, 3.63) is 17.3 Å². The molecule has 0 saturated carbocycles. The van der Waals surface area contributed by atoms with Crippen molar-refractivity contribution < 1.29 is 31.4 Å². The summed E-state index contributed by atoms with van der Waals surface area (Å²) in [5.74, 6) is -1.72. The molecule has 0 aliphatic heterocycles. The number of hydrogen-bond acceptors (Lipinski definition) is 4. The van der Waals surface area contributed by atoms with Crippen molar-refractivity contribution in [2.75, 3.05) is 7.11 Å². The maximum atomic E-state index is 12.5. The molecule has 0 unspecified atom stereocenters. The summed E-state index contributed by atoms with van der Waals surface area (Å²) in [6.45, 7) is 0. The second kappa shape index (κ2) is 5.03. The molecule has 98 valence electrons. The summed E-state index contributed by atoms with van der Waals surface area (Å²) in [5.41, 5.74) is -1.69. The highest BCUT2D eigenvalue weighted by atomic mass is 19.4. The molecule has 0 aliphatic rings. The van der Waals surface area contributed by atoms with Gasteiger partial charge in [-0.2, -0.15) is 10.2 Å². The summed E-state index contributed by atoms with van der Waals surface area (Å²) in [7, 11) is 1.07. The van der Waals surface area contributed by atoms with E-state index in [1.54, 1.807) is 0 Å². The maximum absolute atomic E-state index is 12.5. The molecule has 0 atom stereocenters. The van der Waals surface area contributed by atoms with Gasteiger partial charge in [-0.3, -0.25) is 0 Å². The summed E-state index contributed by atoms with van der Waals surface area (Å²) in [4.78, 5) is 3.06. The fourth-order valence-electron chi connectivity index (χ4n) is 1.08. The summed E-state index contributed by atoms with van der Waals surface area (Å²) >= 11 is 0. The number of hydrogen-bond donors (Lipinski definition) is 0. The third kappa shape index (κ3) is 3.19. The highest BCUT2D eigenvalue weighted by Gasteiger charge is 2.35. The van der Waals surface area contributed by atoms with Crippen molar-refractivity contribution in [1.29, 1.82) is 5.26 Å². The predicted molar refractivity (Wildman–Crippen MR) is 47.1 cm³/mol. The smallest absolute Gasteiger partial charge is 0.494 e. The summed E-state index contributed by atoms with van der Waals surface area (Å²) in [5, 5.41) is 8.59. The van der Waals surface area contributed by atoms with E-state index < -0.39 is 29.9 Å². The first-order valence-electron chi connectivity index (χ1n) is 4.31. The molecule has 0 aliphatic carbocycles. The van der Waals surface area contributed by atoms with Gasteiger partial charge in [-0.25, -0.2) is 8.78 Å². The molecule has 0 radical (unpaired) electrons. The van der Waals surface area contributed by atoms with E-state index in [0.29, 0.717) is 6.07 Å². The van der Waals surface area contributed by atoms with Crippen LogP contribution < -0.4 is 9.47 Å². The highest BCUT2D eigenvalue weighted by molar-refractivity contribution is 5.45. The number of rotatable bonds is 3. The van der Waals surface area contributed by atoms with Crippen LogP contribution in [0.1, 0.15) is 17.7 Å². The van der Waals surface area contributed by atoms with Crippen LogP contribution in [-0.4, -0.2) is 18.5 Å². The number of ether oxygens (including phenoxy) is 2. The fourth-order valence-corrected chi connectivity index (χ4v) is 1.08. The summed E-state index contributed by atoms with van der Waals surface area (Å²) < 4.78 is 68.9. The Morgan fingerprint density at radius 1 is 1.39 bits per heavy atom. The lowest BCUT2D eigenvalue weighted by Crippen LogP contribution is -2.19. The number of halogens is 5. The average molecular weight is 268 g/mol. The molecule has 1 heterocycles. The van der Waals surface area contributed by atoms with E-state index in [9.17, 15) is 22.0 Å². The van der Waals surface area contributed by atoms with Crippen LogP contribution in [-0.2, 0) is 0 Å². The van der Waals surface area contributed by atoms with Gasteiger partial charge < -0.3 is 9.47 Å². The van der Waals surface area contributed by atoms with E-state index in [4.69, 9.17) is 5.26 Å². The molecule has 18 heavy (non-hydrogen) atoms. The van der Waals surface area contributed by atoms with E-state index in [0.717, 1.165) is 7.11 Å². The fraction of sp³-hybridized carbons (Fsp3) is 0.333. The number of aromatic nitrogens is 1. The van der Waals surface area contributed by atoms with Crippen LogP contribution in [0.15, 0.2) is 6.07 Å². The van der Waals surface area contributed by atoms with Crippen molar-refractivity contribution in [1.82, 2.24) is 4.98 Å². The molecule has 1 rings (SSSR count). The topological polar surface area (TPSA) is 55.1 Å². The predicted octanol–water partition coefficient (Wildman–Crippen LogP) is 2.80. The van der Waals surface area contributed by atoms with Crippen molar-refractivity contribution in [3.63, 3.8) is 0 Å². The van der Waals surface area contributed by atoms with Crippen LogP contribution in [0, 0.1) is 11.3 Å². The molecule has 1 aromatic rings. The van der Waals surface area contributed by atoms with Gasteiger partial charge in [0.1, 0.15) is 6.07 Å². The van der Waals surface area contributed by atoms with Gasteiger partial charge in [-0.15, -0.1) is 13.2 Å². The molecular formula is C9H5F5N2O2. The Morgan fingerprint density at radius 3 is 2.39 bits per heavy atom. The van der Waals surface area contributed by atoms with Gasteiger partial charge in [0.05, 0.1) is 12.7 Å². The number of methoxy groups -OCH3 is 1. The van der Waals surface area contributed by atoms with E-state index in [2.05, 4.69) is 14.5 Å². The summed E-state index contributed by atoms with van der Waals surface area (Å²) in [6.07, 6.45) is -8.44. The lowest BCUT2D eigenvalue weighted by molar-refractivity contribution is -0.276. The van der Waals surface area contributed by atoms with Gasteiger partial charge >= 0.3 is 6.36 Å². The van der Waals surface area contributed by atoms with Crippen molar-refractivity contribution in [2.24, 2.45) is 0 Å². The van der Waals surface area contributed by atoms with E-state index in [1.807, 2.05) is 0 Å². The van der Waals surface area contributed by atoms with Crippen molar-refractivity contribution in [2.45, 2.75) is 12.8 Å². The van der Waals surface area contributed by atoms with Gasteiger partial charge in [-0.1, -0.05) is 0 Å². The minimum absolute atomic E-state index is 0.359. The Hall–Kier alpha value is -2.11. The van der Waals surface area contributed by atoms with Gasteiger partial charge in [0.15, 0.2) is 11.4 Å². The number of alkyl halides is 5. The molecule has 0 spiro atoms. The Kier molecular flexibility index (Phi) is 3.90. The zero-order valence-corrected chi connectivity index (χ0v) is 8.76. The lowest BCUT2D eigenvalue weighted by Gasteiger charge is -2.13. The highest BCUT2D eigenvalue weighted by Crippen LogP contribution is 2.34. The Balaban J connectivity index is 3.35. The van der Waals surface area contributed by atoms with E-state index in [-0.39, 0.29) is 5.75 Å². The Morgan fingerprint density at radius 2 is 2.00 bits per heavy atom. The largest absolute Gasteiger partial charge is 0.574 e. The zero-order valence-electron chi connectivity index (χ0n) is 8.76. The lowest BCUT2D eigenvalue weighted by atomic mass is 10.2. The molecule has 0 bridgehead atoms. The van der Waals surface area contributed by atoms with Gasteiger partial charge in [0, 0.05) is 0 Å². The van der Waals surface area contributed by atoms with Crippen LogP contribution in [0.5, 0.6) is 11.6 Å². The van der Waals surface area contributed by atoms with Gasteiger partial charge in [-0.05, 0) is 6.07 Å². The molecule has 0 N–H and O–H groups in total. The molecule has 1 aromatic heterocycles. The van der Waals surface area contributed by atoms with Gasteiger partial charge in [0.25, 0.3) is 6.43 Å². The van der Waals surface area contributed by atoms with Crippen LogP contribution in [0.3, 0.4) is 0 Å². The number of nitrogens with zero attached hydrogens (tertiary/aromatic N) is 2. The normalized spacial score (nSPS) is 11.2. The van der Waals surface area contributed by atoms with Gasteiger partial charge in [0.2, 0.25) is 5.88 Å². The van der Waals surface area contributed by atoms with Crippen LogP contribution in [0.25, 0.3) is 0 Å². The zero-order chi connectivity index (χ0) is 13.9. The number of nitriles is 1. The Labute approximate surface area is 97.6 Å². The van der Waals surface area contributed by atoms with E-state index in [1.165, 1.54) is 6.07 Å². The second-order valence-electron chi connectivity index (χ2n) is 2.89. The molecular weight excluding hydrogens is 263 g/mol. The average Bonchev–Trinajstić information content (AvgIpc) is 2.25. The van der Waals surface area contributed by atoms with Crippen LogP contribution >= 0.6 is 0 Å². The maximum Gasteiger partial charge on any atom is 0.574 e. The van der Waals surface area contributed by atoms with Crippen molar-refractivity contribution in [3.8, 4) is 17.7 Å². The second-order valence-corrected chi connectivity index (χ2v) is 2.89. The SMILES string of the molecule is COc1cc(C(F)F)c(OC(F)(F)F)nc1C#N. The van der Waals surface area contributed by atoms with E-state index >= 15 is 0 Å². The first kappa shape index (κ1) is 14.0. The standard InChI is InChI=1S/C9H5F5N2O2/c1-17-6-2-4(7(10)11)8(16-5(6)3-15)18-9(12,13)14/h2,7H,1H3. The van der Waals surface area contributed by atoms with Crippen molar-refractivity contribution >= 4 is 0 Å².